The van der Waals surface area contributed by atoms with E-state index in [0.29, 0.717) is 33.8 Å². The number of methoxy groups -OCH3 is 1. The van der Waals surface area contributed by atoms with Gasteiger partial charge in [0.25, 0.3) is 0 Å². The molecule has 0 radical (unpaired) electrons. The van der Waals surface area contributed by atoms with Gasteiger partial charge >= 0.3 is 6.18 Å². The molecule has 0 saturated carbocycles. The Balaban J connectivity index is 1.70. The molecule has 0 aliphatic rings. The number of fused-ring (bicyclic) bond motifs is 1. The lowest BCUT2D eigenvalue weighted by atomic mass is 10.0. The Bertz CT molecular complexity index is 1500. The minimum absolute atomic E-state index is 0.0178. The van der Waals surface area contributed by atoms with Gasteiger partial charge < -0.3 is 10.5 Å². The number of hydrogen-bond donors (Lipinski definition) is 2. The van der Waals surface area contributed by atoms with Gasteiger partial charge in [-0.1, -0.05) is 25.1 Å². The van der Waals surface area contributed by atoms with Gasteiger partial charge in [-0.05, 0) is 47.5 Å². The van der Waals surface area contributed by atoms with Gasteiger partial charge in [-0.3, -0.25) is 8.93 Å². The highest BCUT2D eigenvalue weighted by Gasteiger charge is 2.31. The lowest BCUT2D eigenvalue weighted by molar-refractivity contribution is -0.105. The lowest BCUT2D eigenvalue weighted by Crippen LogP contribution is -2.23. The van der Waals surface area contributed by atoms with E-state index in [9.17, 15) is 21.6 Å². The number of nitrogens with zero attached hydrogens (tertiary/aromatic N) is 2. The second kappa shape index (κ2) is 10.9. The largest absolute Gasteiger partial charge is 0.480 e. The smallest absolute Gasteiger partial charge is 0.402 e. The first-order chi connectivity index (χ1) is 17.6. The maximum atomic E-state index is 12.6. The Labute approximate surface area is 216 Å². The predicted molar refractivity (Wildman–Crippen MR) is 141 cm³/mol. The van der Waals surface area contributed by atoms with Crippen LogP contribution in [0.25, 0.3) is 33.2 Å². The van der Waals surface area contributed by atoms with Crippen LogP contribution in [0, 0.1) is 0 Å². The molecule has 2 aromatic heterocycles. The van der Waals surface area contributed by atoms with E-state index in [1.807, 2.05) is 31.2 Å². The standard InChI is InChI=1S/C25H23F3N4O3S2/c1-3-36(33)19-7-4-15(5-8-19)20-11-17-10-16(6-9-21(17)31-23(20)29)18-12-22(24(35-2)30-13-18)32-37(34)14-25(26,27)28/h4-13,32H,3,14H2,1-2H3,(H2,29,31). The third kappa shape index (κ3) is 6.25. The summed E-state index contributed by atoms with van der Waals surface area (Å²) < 4.78 is 69.3. The molecule has 4 rings (SSSR count). The van der Waals surface area contributed by atoms with Crippen LogP contribution in [0.15, 0.2) is 65.7 Å². The Morgan fingerprint density at radius 2 is 1.70 bits per heavy atom. The molecule has 3 N–H and O–H groups in total. The highest BCUT2D eigenvalue weighted by molar-refractivity contribution is 7.86. The minimum atomic E-state index is -4.59. The van der Waals surface area contributed by atoms with E-state index in [4.69, 9.17) is 10.5 Å². The predicted octanol–water partition coefficient (Wildman–Crippen LogP) is 5.32. The van der Waals surface area contributed by atoms with Gasteiger partial charge in [-0.15, -0.1) is 0 Å². The van der Waals surface area contributed by atoms with Crippen molar-refractivity contribution in [2.75, 3.05) is 29.1 Å². The van der Waals surface area contributed by atoms with E-state index in [-0.39, 0.29) is 11.6 Å². The summed E-state index contributed by atoms with van der Waals surface area (Å²) >= 11 is 0. The number of pyridine rings is 2. The highest BCUT2D eigenvalue weighted by Crippen LogP contribution is 2.33. The molecular formula is C25H23F3N4O3S2. The van der Waals surface area contributed by atoms with E-state index in [1.54, 1.807) is 24.3 Å². The zero-order valence-electron chi connectivity index (χ0n) is 19.8. The molecule has 37 heavy (non-hydrogen) atoms. The average Bonchev–Trinajstić information content (AvgIpc) is 2.86. The van der Waals surface area contributed by atoms with Crippen molar-refractivity contribution in [3.63, 3.8) is 0 Å². The van der Waals surface area contributed by atoms with Crippen LogP contribution in [0.1, 0.15) is 6.92 Å². The van der Waals surface area contributed by atoms with Crippen molar-refractivity contribution in [1.29, 1.82) is 0 Å². The van der Waals surface area contributed by atoms with Crippen molar-refractivity contribution in [1.82, 2.24) is 9.97 Å². The number of ether oxygens (including phenoxy) is 1. The summed E-state index contributed by atoms with van der Waals surface area (Å²) in [6.45, 7) is 1.85. The fraction of sp³-hybridized carbons (Fsp3) is 0.200. The average molecular weight is 549 g/mol. The number of anilines is 2. The summed E-state index contributed by atoms with van der Waals surface area (Å²) in [5, 5.41) is 0.772. The second-order valence-corrected chi connectivity index (χ2v) is 10.9. The minimum Gasteiger partial charge on any atom is -0.480 e. The van der Waals surface area contributed by atoms with E-state index < -0.39 is 33.7 Å². The van der Waals surface area contributed by atoms with Gasteiger partial charge in [-0.2, -0.15) is 13.2 Å². The second-order valence-electron chi connectivity index (χ2n) is 7.98. The molecule has 0 saturated heterocycles. The molecule has 0 amide bonds. The molecule has 0 aliphatic heterocycles. The molecule has 0 fully saturated rings. The summed E-state index contributed by atoms with van der Waals surface area (Å²) in [5.41, 5.74) is 9.75. The Morgan fingerprint density at radius 1 is 1.00 bits per heavy atom. The van der Waals surface area contributed by atoms with Gasteiger partial charge in [-0.25, -0.2) is 14.2 Å². The third-order valence-corrected chi connectivity index (χ3v) is 7.79. The number of rotatable bonds is 8. The van der Waals surface area contributed by atoms with Gasteiger partial charge in [0.1, 0.15) is 28.2 Å². The number of alkyl halides is 3. The molecule has 2 aromatic carbocycles. The zero-order chi connectivity index (χ0) is 26.7. The van der Waals surface area contributed by atoms with Crippen molar-refractivity contribution in [2.24, 2.45) is 0 Å². The van der Waals surface area contributed by atoms with E-state index in [0.717, 1.165) is 15.8 Å². The van der Waals surface area contributed by atoms with Gasteiger partial charge in [0, 0.05) is 33.4 Å². The molecule has 4 aromatic rings. The van der Waals surface area contributed by atoms with Crippen LogP contribution in [0.2, 0.25) is 0 Å². The van der Waals surface area contributed by atoms with Crippen molar-refractivity contribution in [2.45, 2.75) is 18.0 Å². The van der Waals surface area contributed by atoms with Gasteiger partial charge in [0.2, 0.25) is 5.88 Å². The fourth-order valence-electron chi connectivity index (χ4n) is 3.71. The van der Waals surface area contributed by atoms with Gasteiger partial charge in [0.15, 0.2) is 0 Å². The van der Waals surface area contributed by atoms with Crippen LogP contribution in [-0.4, -0.2) is 43.2 Å². The SMILES string of the molecule is CCS(=O)c1ccc(-c2cc3cc(-c4cnc(OC)c(NS(=O)CC(F)(F)F)c4)ccc3nc2N)cc1. The molecule has 2 atom stereocenters. The van der Waals surface area contributed by atoms with Crippen LogP contribution < -0.4 is 15.2 Å². The van der Waals surface area contributed by atoms with Crippen molar-refractivity contribution >= 4 is 44.2 Å². The zero-order valence-corrected chi connectivity index (χ0v) is 21.5. The van der Waals surface area contributed by atoms with Crippen molar-refractivity contribution < 1.29 is 26.3 Å². The Morgan fingerprint density at radius 3 is 2.35 bits per heavy atom. The maximum absolute atomic E-state index is 12.6. The quantitative estimate of drug-likeness (QED) is 0.309. The first-order valence-corrected chi connectivity index (χ1v) is 13.7. The summed E-state index contributed by atoms with van der Waals surface area (Å²) in [6, 6.07) is 16.1. The normalized spacial score (nSPS) is 13.3. The number of nitrogen functional groups attached to an aromatic ring is 1. The number of nitrogens with one attached hydrogen (secondary N) is 1. The summed E-state index contributed by atoms with van der Waals surface area (Å²) in [5.74, 6) is -0.627. The first-order valence-electron chi connectivity index (χ1n) is 11.0. The van der Waals surface area contributed by atoms with E-state index in [2.05, 4.69) is 14.7 Å². The number of aromatic nitrogens is 2. The van der Waals surface area contributed by atoms with Gasteiger partial charge in [0.05, 0.1) is 23.4 Å². The monoisotopic (exact) mass is 548 g/mol. The molecule has 0 spiro atoms. The fourth-order valence-corrected chi connectivity index (χ4v) is 5.24. The molecule has 7 nitrogen and oxygen atoms in total. The van der Waals surface area contributed by atoms with E-state index in [1.165, 1.54) is 19.4 Å². The molecule has 2 heterocycles. The number of nitrogens with two attached hydrogens (primary N) is 1. The Hall–Kier alpha value is -3.51. The Kier molecular flexibility index (Phi) is 7.79. The summed E-state index contributed by atoms with van der Waals surface area (Å²) in [4.78, 5) is 9.38. The first kappa shape index (κ1) is 26.6. The number of benzene rings is 2. The van der Waals surface area contributed by atoms with E-state index >= 15 is 0 Å². The molecular weight excluding hydrogens is 525 g/mol. The summed E-state index contributed by atoms with van der Waals surface area (Å²) in [6.07, 6.45) is -3.08. The molecule has 12 heteroatoms. The van der Waals surface area contributed by atoms with Crippen molar-refractivity contribution in [3.8, 4) is 28.1 Å². The third-order valence-electron chi connectivity index (χ3n) is 5.43. The molecule has 0 bridgehead atoms. The molecule has 2 unspecified atom stereocenters. The number of halogens is 3. The molecule has 194 valence electrons. The van der Waals surface area contributed by atoms with Crippen LogP contribution in [0.3, 0.4) is 0 Å². The highest BCUT2D eigenvalue weighted by atomic mass is 32.2. The maximum Gasteiger partial charge on any atom is 0.402 e. The van der Waals surface area contributed by atoms with Crippen LogP contribution in [0.5, 0.6) is 5.88 Å². The van der Waals surface area contributed by atoms with Crippen LogP contribution in [-0.2, 0) is 21.8 Å². The van der Waals surface area contributed by atoms with Crippen LogP contribution >= 0.6 is 0 Å². The topological polar surface area (TPSA) is 107 Å². The van der Waals surface area contributed by atoms with Crippen LogP contribution in [0.4, 0.5) is 24.7 Å². The summed E-state index contributed by atoms with van der Waals surface area (Å²) in [7, 11) is -2.15. The lowest BCUT2D eigenvalue weighted by Gasteiger charge is -2.13. The van der Waals surface area contributed by atoms with Crippen molar-refractivity contribution in [3.05, 3.63) is 60.8 Å². The number of hydrogen-bond acceptors (Lipinski definition) is 6. The molecule has 0 aliphatic carbocycles.